The van der Waals surface area contributed by atoms with Crippen molar-refractivity contribution in [3.63, 3.8) is 0 Å². The normalized spacial score (nSPS) is 20.7. The van der Waals surface area contributed by atoms with E-state index in [0.717, 1.165) is 12.1 Å². The first-order valence-corrected chi connectivity index (χ1v) is 8.83. The first-order chi connectivity index (χ1) is 11.9. The zero-order valence-electron chi connectivity index (χ0n) is 13.9. The summed E-state index contributed by atoms with van der Waals surface area (Å²) in [5.74, 6) is -3.98. The molecule has 2 rings (SSSR count). The Morgan fingerprint density at radius 1 is 1.35 bits per heavy atom. The summed E-state index contributed by atoms with van der Waals surface area (Å²) in [7, 11) is -3.03. The average Bonchev–Trinajstić information content (AvgIpc) is 2.85. The summed E-state index contributed by atoms with van der Waals surface area (Å²) in [6, 6.07) is 2.71. The fraction of sp³-hybridized carbons (Fsp3) is 0.429. The Bertz CT molecular complexity index is 846. The zero-order valence-corrected chi connectivity index (χ0v) is 14.7. The summed E-state index contributed by atoms with van der Waals surface area (Å²) >= 11 is 0. The number of urea groups is 1. The van der Waals surface area contributed by atoms with Crippen molar-refractivity contribution < 1.29 is 31.5 Å². The standard InChI is InChI=1S/C14H18F2N4O5S/c1-13(11(21)19-12(22)20-13)9-5-8(3-4-10(9)25-2)26(23,24)18-7-14(15,16)6-17/h3-5,18H,6-7,17H2,1-2H3,(H2,19,20,21,22). The lowest BCUT2D eigenvalue weighted by molar-refractivity contribution is -0.123. The molecule has 5 N–H and O–H groups in total. The van der Waals surface area contributed by atoms with E-state index in [1.54, 1.807) is 4.72 Å². The summed E-state index contributed by atoms with van der Waals surface area (Å²) in [5.41, 5.74) is 3.34. The van der Waals surface area contributed by atoms with Gasteiger partial charge in [-0.2, -0.15) is 0 Å². The lowest BCUT2D eigenvalue weighted by Gasteiger charge is -2.24. The number of halogens is 2. The van der Waals surface area contributed by atoms with Crippen molar-refractivity contribution >= 4 is 22.0 Å². The Kier molecular flexibility index (Phi) is 5.21. The Morgan fingerprint density at radius 2 is 2.00 bits per heavy atom. The molecule has 0 aromatic heterocycles. The molecule has 1 heterocycles. The molecule has 1 atom stereocenters. The molecule has 3 amide bonds. The quantitative estimate of drug-likeness (QED) is 0.467. The number of imide groups is 1. The highest BCUT2D eigenvalue weighted by Crippen LogP contribution is 2.34. The molecule has 26 heavy (non-hydrogen) atoms. The second-order valence-corrected chi connectivity index (χ2v) is 7.55. The molecule has 1 aliphatic heterocycles. The number of carbonyl (C=O) groups is 2. The Balaban J connectivity index is 2.44. The van der Waals surface area contributed by atoms with Crippen LogP contribution >= 0.6 is 0 Å². The lowest BCUT2D eigenvalue weighted by Crippen LogP contribution is -2.42. The van der Waals surface area contributed by atoms with Gasteiger partial charge in [0.05, 0.1) is 25.1 Å². The maximum Gasteiger partial charge on any atom is 0.322 e. The molecule has 9 nitrogen and oxygen atoms in total. The number of methoxy groups -OCH3 is 1. The van der Waals surface area contributed by atoms with Gasteiger partial charge in [-0.05, 0) is 25.1 Å². The summed E-state index contributed by atoms with van der Waals surface area (Å²) in [5, 5.41) is 4.43. The van der Waals surface area contributed by atoms with Gasteiger partial charge in [0, 0.05) is 5.56 Å². The molecule has 1 aromatic rings. The fourth-order valence-electron chi connectivity index (χ4n) is 2.33. The minimum atomic E-state index is -4.32. The topological polar surface area (TPSA) is 140 Å². The number of benzene rings is 1. The first kappa shape index (κ1) is 20.0. The number of ether oxygens (including phenoxy) is 1. The first-order valence-electron chi connectivity index (χ1n) is 7.35. The summed E-state index contributed by atoms with van der Waals surface area (Å²) < 4.78 is 57.9. The smallest absolute Gasteiger partial charge is 0.322 e. The maximum atomic E-state index is 13.2. The van der Waals surface area contributed by atoms with Gasteiger partial charge in [0.1, 0.15) is 11.3 Å². The van der Waals surface area contributed by atoms with Crippen LogP contribution in [-0.4, -0.2) is 46.5 Å². The molecule has 1 unspecified atom stereocenters. The van der Waals surface area contributed by atoms with Gasteiger partial charge in [-0.1, -0.05) is 0 Å². The van der Waals surface area contributed by atoms with Crippen LogP contribution in [0.4, 0.5) is 13.6 Å². The highest BCUT2D eigenvalue weighted by atomic mass is 32.2. The molecular weight excluding hydrogens is 374 g/mol. The summed E-state index contributed by atoms with van der Waals surface area (Å²) in [6.45, 7) is -0.840. The fourth-order valence-corrected chi connectivity index (χ4v) is 3.42. The predicted molar refractivity (Wildman–Crippen MR) is 86.2 cm³/mol. The third-order valence-corrected chi connectivity index (χ3v) is 5.28. The SMILES string of the molecule is COc1ccc(S(=O)(=O)NCC(F)(F)CN)cc1C1(C)NC(=O)NC1=O. The van der Waals surface area contributed by atoms with Crippen LogP contribution in [0, 0.1) is 0 Å². The second-order valence-electron chi connectivity index (χ2n) is 5.78. The van der Waals surface area contributed by atoms with E-state index in [4.69, 9.17) is 10.5 Å². The molecule has 1 aliphatic rings. The van der Waals surface area contributed by atoms with Crippen molar-refractivity contribution in [2.45, 2.75) is 23.3 Å². The van der Waals surface area contributed by atoms with E-state index in [2.05, 4.69) is 5.32 Å². The summed E-state index contributed by atoms with van der Waals surface area (Å²) in [4.78, 5) is 23.2. The molecule has 0 radical (unpaired) electrons. The van der Waals surface area contributed by atoms with Crippen LogP contribution < -0.4 is 25.8 Å². The van der Waals surface area contributed by atoms with Gasteiger partial charge in [-0.3, -0.25) is 10.1 Å². The number of rotatable bonds is 7. The van der Waals surface area contributed by atoms with Crippen molar-refractivity contribution in [2.75, 3.05) is 20.2 Å². The third kappa shape index (κ3) is 3.76. The van der Waals surface area contributed by atoms with Crippen LogP contribution in [0.5, 0.6) is 5.75 Å². The van der Waals surface area contributed by atoms with Crippen molar-refractivity contribution in [1.29, 1.82) is 0 Å². The molecule has 1 aromatic carbocycles. The number of hydrogen-bond donors (Lipinski definition) is 4. The minimum Gasteiger partial charge on any atom is -0.496 e. The zero-order chi connectivity index (χ0) is 19.8. The highest BCUT2D eigenvalue weighted by molar-refractivity contribution is 7.89. The van der Waals surface area contributed by atoms with E-state index >= 15 is 0 Å². The molecule has 1 saturated heterocycles. The van der Waals surface area contributed by atoms with Crippen LogP contribution in [0.3, 0.4) is 0 Å². The number of sulfonamides is 1. The second kappa shape index (κ2) is 6.78. The van der Waals surface area contributed by atoms with Gasteiger partial charge in [0.25, 0.3) is 11.8 Å². The number of amides is 3. The van der Waals surface area contributed by atoms with Gasteiger partial charge in [-0.25, -0.2) is 26.7 Å². The third-order valence-electron chi connectivity index (χ3n) is 3.88. The molecule has 0 aliphatic carbocycles. The van der Waals surface area contributed by atoms with Crippen molar-refractivity contribution in [2.24, 2.45) is 5.73 Å². The van der Waals surface area contributed by atoms with Crippen LogP contribution in [0.25, 0.3) is 0 Å². The van der Waals surface area contributed by atoms with Gasteiger partial charge in [0.2, 0.25) is 10.0 Å². The van der Waals surface area contributed by atoms with Gasteiger partial charge in [0.15, 0.2) is 0 Å². The molecule has 12 heteroatoms. The molecule has 0 bridgehead atoms. The van der Waals surface area contributed by atoms with Gasteiger partial charge >= 0.3 is 6.03 Å². The van der Waals surface area contributed by atoms with Crippen molar-refractivity contribution in [3.05, 3.63) is 23.8 Å². The largest absolute Gasteiger partial charge is 0.496 e. The van der Waals surface area contributed by atoms with E-state index < -0.39 is 46.5 Å². The lowest BCUT2D eigenvalue weighted by atomic mass is 9.91. The van der Waals surface area contributed by atoms with Crippen LogP contribution in [-0.2, 0) is 20.4 Å². The monoisotopic (exact) mass is 392 g/mol. The van der Waals surface area contributed by atoms with E-state index in [9.17, 15) is 26.8 Å². The molecule has 144 valence electrons. The minimum absolute atomic E-state index is 0.0526. The van der Waals surface area contributed by atoms with Gasteiger partial charge < -0.3 is 15.8 Å². The average molecular weight is 392 g/mol. The predicted octanol–water partition coefficient (Wildman–Crippen LogP) is -0.378. The molecule has 1 fully saturated rings. The van der Waals surface area contributed by atoms with E-state index in [1.807, 2.05) is 5.32 Å². The van der Waals surface area contributed by atoms with E-state index in [1.165, 1.54) is 20.1 Å². The molecular formula is C14H18F2N4O5S. The van der Waals surface area contributed by atoms with Crippen LogP contribution in [0.15, 0.2) is 23.1 Å². The van der Waals surface area contributed by atoms with Crippen LogP contribution in [0.2, 0.25) is 0 Å². The number of nitrogens with two attached hydrogens (primary N) is 1. The maximum absolute atomic E-state index is 13.2. The number of carbonyl (C=O) groups excluding carboxylic acids is 2. The van der Waals surface area contributed by atoms with Crippen LogP contribution in [0.1, 0.15) is 12.5 Å². The number of hydrogen-bond acceptors (Lipinski definition) is 6. The number of alkyl halides is 2. The van der Waals surface area contributed by atoms with Gasteiger partial charge in [-0.15, -0.1) is 0 Å². The molecule has 0 saturated carbocycles. The van der Waals surface area contributed by atoms with E-state index in [-0.39, 0.29) is 16.2 Å². The Hall–Kier alpha value is -2.31. The number of nitrogens with one attached hydrogen (secondary N) is 3. The van der Waals surface area contributed by atoms with E-state index in [0.29, 0.717) is 0 Å². The Labute approximate surface area is 148 Å². The highest BCUT2D eigenvalue weighted by Gasteiger charge is 2.45. The van der Waals surface area contributed by atoms with Crippen molar-refractivity contribution in [1.82, 2.24) is 15.4 Å². The Morgan fingerprint density at radius 3 is 2.50 bits per heavy atom. The molecule has 0 spiro atoms. The van der Waals surface area contributed by atoms with Crippen molar-refractivity contribution in [3.8, 4) is 5.75 Å². The summed E-state index contributed by atoms with van der Waals surface area (Å²) in [6.07, 6.45) is 0.